The maximum atomic E-state index is 12.7. The number of rotatable bonds is 3. The third-order valence-electron chi connectivity index (χ3n) is 5.44. The molecule has 2 fully saturated rings. The van der Waals surface area contributed by atoms with Crippen LogP contribution in [0.25, 0.3) is 0 Å². The van der Waals surface area contributed by atoms with Crippen molar-refractivity contribution in [1.29, 1.82) is 0 Å². The lowest BCUT2D eigenvalue weighted by Gasteiger charge is -2.30. The van der Waals surface area contributed by atoms with E-state index in [1.54, 1.807) is 31.1 Å². The number of fused-ring (bicyclic) bond motifs is 1. The Bertz CT molecular complexity index is 730. The van der Waals surface area contributed by atoms with Crippen LogP contribution in [0, 0.1) is 11.8 Å². The molecular formula is C17H22N6O. The Morgan fingerprint density at radius 3 is 2.83 bits per heavy atom. The number of nitrogens with zero attached hydrogens (tertiary/aromatic N) is 6. The van der Waals surface area contributed by atoms with Crippen LogP contribution in [-0.2, 0) is 7.05 Å². The highest BCUT2D eigenvalue weighted by Crippen LogP contribution is 2.41. The highest BCUT2D eigenvalue weighted by molar-refractivity contribution is 5.92. The summed E-state index contributed by atoms with van der Waals surface area (Å²) in [6, 6.07) is 0.410. The largest absolute Gasteiger partial charge is 0.355 e. The second-order valence-corrected chi connectivity index (χ2v) is 6.88. The van der Waals surface area contributed by atoms with Crippen molar-refractivity contribution in [3.8, 4) is 0 Å². The average Bonchev–Trinajstić information content (AvgIpc) is 3.29. The number of imidazole rings is 1. The lowest BCUT2D eigenvalue weighted by atomic mass is 9.97. The number of aryl methyl sites for hydroxylation is 1. The van der Waals surface area contributed by atoms with Crippen molar-refractivity contribution in [2.24, 2.45) is 18.9 Å². The second kappa shape index (κ2) is 5.89. The highest BCUT2D eigenvalue weighted by atomic mass is 16.2. The molecule has 2 aliphatic rings. The monoisotopic (exact) mass is 326 g/mol. The first-order valence-electron chi connectivity index (χ1n) is 8.39. The summed E-state index contributed by atoms with van der Waals surface area (Å²) in [6.45, 7) is 1.64. The Morgan fingerprint density at radius 2 is 2.12 bits per heavy atom. The van der Waals surface area contributed by atoms with Crippen LogP contribution in [0.2, 0.25) is 0 Å². The van der Waals surface area contributed by atoms with Gasteiger partial charge in [-0.1, -0.05) is 0 Å². The summed E-state index contributed by atoms with van der Waals surface area (Å²) in [5.41, 5.74) is 0.538. The van der Waals surface area contributed by atoms with Gasteiger partial charge in [-0.3, -0.25) is 9.78 Å². The van der Waals surface area contributed by atoms with Crippen LogP contribution in [-0.4, -0.2) is 56.5 Å². The van der Waals surface area contributed by atoms with Gasteiger partial charge in [0.05, 0.1) is 12.5 Å². The van der Waals surface area contributed by atoms with Gasteiger partial charge in [0.1, 0.15) is 11.5 Å². The Hall–Kier alpha value is -2.44. The fourth-order valence-electron chi connectivity index (χ4n) is 4.21. The van der Waals surface area contributed by atoms with Gasteiger partial charge >= 0.3 is 0 Å². The molecule has 126 valence electrons. The molecule has 7 nitrogen and oxygen atoms in total. The second-order valence-electron chi connectivity index (χ2n) is 6.88. The third-order valence-corrected chi connectivity index (χ3v) is 5.44. The molecule has 0 N–H and O–H groups in total. The number of carbonyl (C=O) groups is 1. The molecular weight excluding hydrogens is 304 g/mol. The zero-order valence-corrected chi connectivity index (χ0v) is 14.0. The van der Waals surface area contributed by atoms with E-state index in [9.17, 15) is 4.79 Å². The van der Waals surface area contributed by atoms with Crippen molar-refractivity contribution in [3.05, 3.63) is 36.8 Å². The van der Waals surface area contributed by atoms with Crippen LogP contribution < -0.4 is 4.90 Å². The number of carbonyl (C=O) groups excluding carboxylic acids is 1. The lowest BCUT2D eigenvalue weighted by Crippen LogP contribution is -2.39. The van der Waals surface area contributed by atoms with Crippen molar-refractivity contribution in [1.82, 2.24) is 24.4 Å². The van der Waals surface area contributed by atoms with E-state index >= 15 is 0 Å². The number of hydrogen-bond acceptors (Lipinski definition) is 5. The zero-order valence-electron chi connectivity index (χ0n) is 14.0. The SMILES string of the molecule is CN(c1cnccn1)[C@@H]1CC[C@@H]2CN(C(=O)c3cn(C)cn3)C[C@@H]21. The number of likely N-dealkylation sites (tertiary alicyclic amines) is 1. The summed E-state index contributed by atoms with van der Waals surface area (Å²) in [6.07, 6.45) is 11.0. The van der Waals surface area contributed by atoms with Gasteiger partial charge in [0.15, 0.2) is 0 Å². The summed E-state index contributed by atoms with van der Waals surface area (Å²) in [5, 5.41) is 0. The molecule has 0 spiro atoms. The van der Waals surface area contributed by atoms with Crippen LogP contribution in [0.4, 0.5) is 5.82 Å². The number of anilines is 1. The predicted molar refractivity (Wildman–Crippen MR) is 89.5 cm³/mol. The fraction of sp³-hybridized carbons (Fsp3) is 0.529. The Morgan fingerprint density at radius 1 is 1.25 bits per heavy atom. The van der Waals surface area contributed by atoms with Crippen molar-refractivity contribution in [3.63, 3.8) is 0 Å². The molecule has 1 aliphatic carbocycles. The molecule has 1 saturated carbocycles. The van der Waals surface area contributed by atoms with Crippen LogP contribution in [0.5, 0.6) is 0 Å². The molecule has 0 unspecified atom stereocenters. The maximum absolute atomic E-state index is 12.7. The van der Waals surface area contributed by atoms with Gasteiger partial charge < -0.3 is 14.4 Å². The van der Waals surface area contributed by atoms with Gasteiger partial charge in [0.2, 0.25) is 0 Å². The van der Waals surface area contributed by atoms with E-state index in [1.165, 1.54) is 0 Å². The van der Waals surface area contributed by atoms with E-state index in [1.807, 2.05) is 16.5 Å². The molecule has 0 radical (unpaired) electrons. The van der Waals surface area contributed by atoms with Crippen molar-refractivity contribution in [2.45, 2.75) is 18.9 Å². The molecule has 2 aromatic rings. The summed E-state index contributed by atoms with van der Waals surface area (Å²) >= 11 is 0. The van der Waals surface area contributed by atoms with E-state index in [0.29, 0.717) is 23.6 Å². The fourth-order valence-corrected chi connectivity index (χ4v) is 4.21. The summed E-state index contributed by atoms with van der Waals surface area (Å²) in [4.78, 5) is 29.6. The third kappa shape index (κ3) is 2.53. The van der Waals surface area contributed by atoms with Crippen LogP contribution in [0.1, 0.15) is 23.3 Å². The van der Waals surface area contributed by atoms with Gasteiger partial charge in [-0.15, -0.1) is 0 Å². The topological polar surface area (TPSA) is 67.2 Å². The Kier molecular flexibility index (Phi) is 3.70. The first kappa shape index (κ1) is 15.1. The number of hydrogen-bond donors (Lipinski definition) is 0. The molecule has 1 aliphatic heterocycles. The Labute approximate surface area is 141 Å². The average molecular weight is 326 g/mol. The van der Waals surface area contributed by atoms with E-state index in [0.717, 1.165) is 31.7 Å². The van der Waals surface area contributed by atoms with Crippen LogP contribution in [0.15, 0.2) is 31.1 Å². The first-order chi connectivity index (χ1) is 11.6. The molecule has 24 heavy (non-hydrogen) atoms. The molecule has 4 rings (SSSR count). The van der Waals surface area contributed by atoms with Gasteiger partial charge in [-0.25, -0.2) is 9.97 Å². The highest BCUT2D eigenvalue weighted by Gasteiger charge is 2.46. The number of aromatic nitrogens is 4. The van der Waals surface area contributed by atoms with Gasteiger partial charge in [-0.05, 0) is 18.8 Å². The summed E-state index contributed by atoms with van der Waals surface area (Å²) < 4.78 is 1.81. The van der Waals surface area contributed by atoms with Crippen molar-refractivity contribution in [2.75, 3.05) is 25.0 Å². The normalized spacial score (nSPS) is 25.8. The lowest BCUT2D eigenvalue weighted by molar-refractivity contribution is 0.0774. The van der Waals surface area contributed by atoms with Crippen molar-refractivity contribution < 1.29 is 4.79 Å². The van der Waals surface area contributed by atoms with Crippen LogP contribution in [0.3, 0.4) is 0 Å². The molecule has 2 aromatic heterocycles. The number of amides is 1. The molecule has 3 heterocycles. The van der Waals surface area contributed by atoms with Crippen molar-refractivity contribution >= 4 is 11.7 Å². The standard InChI is InChI=1S/C17H22N6O/c1-21-10-14(20-11-21)17(24)23-8-12-3-4-15(13(12)9-23)22(2)16-7-18-5-6-19-16/h5-7,10-13,15H,3-4,8-9H2,1-2H3/t12-,13+,15-/m1/s1. The van der Waals surface area contributed by atoms with Crippen LogP contribution >= 0.6 is 0 Å². The van der Waals surface area contributed by atoms with E-state index in [2.05, 4.69) is 26.9 Å². The van der Waals surface area contributed by atoms with Gasteiger partial charge in [-0.2, -0.15) is 0 Å². The molecule has 0 bridgehead atoms. The Balaban J connectivity index is 1.48. The summed E-state index contributed by atoms with van der Waals surface area (Å²) in [5.74, 6) is 2.01. The minimum Gasteiger partial charge on any atom is -0.355 e. The zero-order chi connectivity index (χ0) is 16.7. The quantitative estimate of drug-likeness (QED) is 0.848. The van der Waals surface area contributed by atoms with E-state index in [-0.39, 0.29) is 5.91 Å². The molecule has 1 amide bonds. The molecule has 7 heteroatoms. The van der Waals surface area contributed by atoms with Gasteiger partial charge in [0, 0.05) is 57.7 Å². The summed E-state index contributed by atoms with van der Waals surface area (Å²) in [7, 11) is 3.97. The minimum absolute atomic E-state index is 0.0471. The molecule has 0 aromatic carbocycles. The van der Waals surface area contributed by atoms with E-state index < -0.39 is 0 Å². The smallest absolute Gasteiger partial charge is 0.274 e. The predicted octanol–water partition coefficient (Wildman–Crippen LogP) is 1.20. The molecule has 3 atom stereocenters. The van der Waals surface area contributed by atoms with E-state index in [4.69, 9.17) is 0 Å². The molecule has 1 saturated heterocycles. The van der Waals surface area contributed by atoms with Gasteiger partial charge in [0.25, 0.3) is 5.91 Å². The minimum atomic E-state index is 0.0471. The first-order valence-corrected chi connectivity index (χ1v) is 8.39. The maximum Gasteiger partial charge on any atom is 0.274 e.